The molecule has 0 saturated carbocycles. The van der Waals surface area contributed by atoms with Gasteiger partial charge in [-0.3, -0.25) is 4.79 Å². The second-order valence-electron chi connectivity index (χ2n) is 5.75. The predicted molar refractivity (Wildman–Crippen MR) is 78.7 cm³/mol. The molecule has 0 radical (unpaired) electrons. The number of phenolic OH excluding ortho intramolecular Hbond substituents is 1. The molecule has 5 nitrogen and oxygen atoms in total. The Kier molecular flexibility index (Phi) is 5.35. The first-order chi connectivity index (χ1) is 9.70. The van der Waals surface area contributed by atoms with E-state index in [0.29, 0.717) is 30.4 Å². The fourth-order valence-corrected chi connectivity index (χ4v) is 2.69. The molecule has 0 aliphatic heterocycles. The van der Waals surface area contributed by atoms with Gasteiger partial charge >= 0.3 is 11.9 Å². The molecule has 0 aliphatic carbocycles. The van der Waals surface area contributed by atoms with E-state index in [-0.39, 0.29) is 17.3 Å². The van der Waals surface area contributed by atoms with Crippen LogP contribution in [-0.2, 0) is 14.9 Å². The third-order valence-electron chi connectivity index (χ3n) is 3.76. The van der Waals surface area contributed by atoms with Crippen LogP contribution in [0.4, 0.5) is 0 Å². The van der Waals surface area contributed by atoms with Crippen LogP contribution in [0.25, 0.3) is 0 Å². The molecule has 5 heteroatoms. The van der Waals surface area contributed by atoms with Gasteiger partial charge < -0.3 is 14.9 Å². The van der Waals surface area contributed by atoms with E-state index >= 15 is 0 Å². The van der Waals surface area contributed by atoms with Gasteiger partial charge in [0.15, 0.2) is 0 Å². The summed E-state index contributed by atoms with van der Waals surface area (Å²) in [6, 6.07) is 2.81. The van der Waals surface area contributed by atoms with Crippen molar-refractivity contribution in [3.8, 4) is 5.75 Å². The summed E-state index contributed by atoms with van der Waals surface area (Å²) >= 11 is 0. The standard InChI is InChI=1S/C16H22O5/c1-10-11(15(19)20)7-8-12(17)14(10)16(2,3)9-5-6-13(18)21-4/h7-8,17H,5-6,9H2,1-4H3,(H,19,20). The fraction of sp³-hybridized carbons (Fsp3) is 0.500. The quantitative estimate of drug-likeness (QED) is 0.788. The normalized spacial score (nSPS) is 11.2. The van der Waals surface area contributed by atoms with Crippen LogP contribution in [0.15, 0.2) is 12.1 Å². The Morgan fingerprint density at radius 2 is 1.90 bits per heavy atom. The lowest BCUT2D eigenvalue weighted by molar-refractivity contribution is -0.140. The van der Waals surface area contributed by atoms with Crippen LogP contribution < -0.4 is 0 Å². The van der Waals surface area contributed by atoms with Gasteiger partial charge in [-0.2, -0.15) is 0 Å². The zero-order chi connectivity index (χ0) is 16.2. The van der Waals surface area contributed by atoms with E-state index in [0.717, 1.165) is 0 Å². The average Bonchev–Trinajstić information content (AvgIpc) is 2.37. The van der Waals surface area contributed by atoms with E-state index in [4.69, 9.17) is 0 Å². The maximum Gasteiger partial charge on any atom is 0.335 e. The van der Waals surface area contributed by atoms with Crippen molar-refractivity contribution in [1.29, 1.82) is 0 Å². The molecule has 0 amide bonds. The van der Waals surface area contributed by atoms with Crippen molar-refractivity contribution in [3.63, 3.8) is 0 Å². The maximum absolute atomic E-state index is 11.2. The number of hydrogen-bond acceptors (Lipinski definition) is 4. The average molecular weight is 294 g/mol. The van der Waals surface area contributed by atoms with E-state index in [2.05, 4.69) is 4.74 Å². The summed E-state index contributed by atoms with van der Waals surface area (Å²) < 4.78 is 4.60. The topological polar surface area (TPSA) is 83.8 Å². The molecule has 1 aromatic carbocycles. The minimum atomic E-state index is -1.01. The molecule has 116 valence electrons. The number of phenols is 1. The highest BCUT2D eigenvalue weighted by Gasteiger charge is 2.28. The largest absolute Gasteiger partial charge is 0.508 e. The number of benzene rings is 1. The van der Waals surface area contributed by atoms with Crippen molar-refractivity contribution < 1.29 is 24.5 Å². The lowest BCUT2D eigenvalue weighted by atomic mass is 9.76. The van der Waals surface area contributed by atoms with E-state index < -0.39 is 11.4 Å². The molecule has 0 saturated heterocycles. The van der Waals surface area contributed by atoms with Crippen LogP contribution in [0.1, 0.15) is 54.6 Å². The molecule has 0 spiro atoms. The SMILES string of the molecule is COC(=O)CCCC(C)(C)c1c(O)ccc(C(=O)O)c1C. The number of ether oxygens (including phenoxy) is 1. The van der Waals surface area contributed by atoms with Crippen LogP contribution in [0.3, 0.4) is 0 Å². The van der Waals surface area contributed by atoms with Gasteiger partial charge in [0.1, 0.15) is 5.75 Å². The molecular formula is C16H22O5. The first-order valence-corrected chi connectivity index (χ1v) is 6.84. The maximum atomic E-state index is 11.2. The van der Waals surface area contributed by atoms with E-state index in [1.807, 2.05) is 13.8 Å². The van der Waals surface area contributed by atoms with E-state index in [9.17, 15) is 19.8 Å². The Hall–Kier alpha value is -2.04. The van der Waals surface area contributed by atoms with Gasteiger partial charge in [0.2, 0.25) is 0 Å². The van der Waals surface area contributed by atoms with Crippen molar-refractivity contribution in [2.24, 2.45) is 0 Å². The molecule has 0 unspecified atom stereocenters. The third kappa shape index (κ3) is 3.97. The fourth-order valence-electron chi connectivity index (χ4n) is 2.69. The summed E-state index contributed by atoms with van der Waals surface area (Å²) in [7, 11) is 1.35. The minimum absolute atomic E-state index is 0.0839. The first kappa shape index (κ1) is 17.0. The van der Waals surface area contributed by atoms with Crippen molar-refractivity contribution in [3.05, 3.63) is 28.8 Å². The summed E-state index contributed by atoms with van der Waals surface area (Å²) in [5.74, 6) is -1.20. The minimum Gasteiger partial charge on any atom is -0.508 e. The van der Waals surface area contributed by atoms with Gasteiger partial charge in [0, 0.05) is 12.0 Å². The van der Waals surface area contributed by atoms with Gasteiger partial charge in [0.25, 0.3) is 0 Å². The van der Waals surface area contributed by atoms with Crippen LogP contribution in [-0.4, -0.2) is 29.3 Å². The molecule has 0 fully saturated rings. The van der Waals surface area contributed by atoms with Crippen molar-refractivity contribution in [2.75, 3.05) is 7.11 Å². The summed E-state index contributed by atoms with van der Waals surface area (Å²) in [5, 5.41) is 19.3. The Labute approximate surface area is 124 Å². The summed E-state index contributed by atoms with van der Waals surface area (Å²) in [6.07, 6.45) is 1.55. The predicted octanol–water partition coefficient (Wildman–Crippen LogP) is 3.02. The van der Waals surface area contributed by atoms with Crippen LogP contribution in [0, 0.1) is 6.92 Å². The number of hydrogen-bond donors (Lipinski definition) is 2. The van der Waals surface area contributed by atoms with E-state index in [1.54, 1.807) is 6.92 Å². The van der Waals surface area contributed by atoms with Crippen molar-refractivity contribution >= 4 is 11.9 Å². The van der Waals surface area contributed by atoms with Gasteiger partial charge in [-0.15, -0.1) is 0 Å². The van der Waals surface area contributed by atoms with Gasteiger partial charge in [-0.1, -0.05) is 13.8 Å². The molecule has 0 atom stereocenters. The van der Waals surface area contributed by atoms with Gasteiger partial charge in [0.05, 0.1) is 12.7 Å². The van der Waals surface area contributed by atoms with Gasteiger partial charge in [-0.05, 0) is 42.9 Å². The summed E-state index contributed by atoms with van der Waals surface area (Å²) in [6.45, 7) is 5.55. The Morgan fingerprint density at radius 3 is 2.43 bits per heavy atom. The number of rotatable bonds is 6. The molecular weight excluding hydrogens is 272 g/mol. The zero-order valence-electron chi connectivity index (χ0n) is 12.9. The molecule has 21 heavy (non-hydrogen) atoms. The monoisotopic (exact) mass is 294 g/mol. The molecule has 1 aromatic rings. The second kappa shape index (κ2) is 6.61. The number of carbonyl (C=O) groups is 2. The smallest absolute Gasteiger partial charge is 0.335 e. The second-order valence-corrected chi connectivity index (χ2v) is 5.75. The first-order valence-electron chi connectivity index (χ1n) is 6.84. The lowest BCUT2D eigenvalue weighted by Gasteiger charge is -2.28. The Bertz CT molecular complexity index is 546. The highest BCUT2D eigenvalue weighted by molar-refractivity contribution is 5.90. The van der Waals surface area contributed by atoms with Crippen LogP contribution in [0.2, 0.25) is 0 Å². The van der Waals surface area contributed by atoms with Crippen molar-refractivity contribution in [2.45, 2.75) is 45.4 Å². The molecule has 1 rings (SSSR count). The molecule has 0 aliphatic rings. The number of methoxy groups -OCH3 is 1. The highest BCUT2D eigenvalue weighted by atomic mass is 16.5. The number of esters is 1. The molecule has 0 heterocycles. The molecule has 0 aromatic heterocycles. The molecule has 0 bridgehead atoms. The lowest BCUT2D eigenvalue weighted by Crippen LogP contribution is -2.21. The number of carboxylic acid groups (broad SMARTS) is 1. The third-order valence-corrected chi connectivity index (χ3v) is 3.76. The highest BCUT2D eigenvalue weighted by Crippen LogP contribution is 2.38. The van der Waals surface area contributed by atoms with E-state index in [1.165, 1.54) is 19.2 Å². The molecule has 2 N–H and O–H groups in total. The number of carbonyl (C=O) groups excluding carboxylic acids is 1. The Morgan fingerprint density at radius 1 is 1.29 bits per heavy atom. The number of aromatic hydroxyl groups is 1. The summed E-state index contributed by atoms with van der Waals surface area (Å²) in [5.41, 5.74) is 0.926. The Balaban J connectivity index is 3.04. The van der Waals surface area contributed by atoms with Crippen LogP contribution in [0.5, 0.6) is 5.75 Å². The van der Waals surface area contributed by atoms with Crippen LogP contribution >= 0.6 is 0 Å². The number of aromatic carboxylic acids is 1. The summed E-state index contributed by atoms with van der Waals surface area (Å²) in [4.78, 5) is 22.4. The number of carboxylic acids is 1. The zero-order valence-corrected chi connectivity index (χ0v) is 12.9. The van der Waals surface area contributed by atoms with Gasteiger partial charge in [-0.25, -0.2) is 4.79 Å². The van der Waals surface area contributed by atoms with Crippen molar-refractivity contribution in [1.82, 2.24) is 0 Å².